The van der Waals surface area contributed by atoms with Crippen molar-refractivity contribution in [1.29, 1.82) is 0 Å². The van der Waals surface area contributed by atoms with E-state index in [4.69, 9.17) is 9.47 Å². The topological polar surface area (TPSA) is 78.3 Å². The van der Waals surface area contributed by atoms with Gasteiger partial charge in [0.25, 0.3) is 5.91 Å². The standard InChI is InChI=1S/C22H19FN4O3S2/c1-29-15-8-9-16(19(10-15)30-2)17-12-32-21(25-17)26-20(28)18-11-24-22(31-3)27(18)14-6-4-13(23)5-7-14/h4-12H,1-3H3,(H,25,26,28). The van der Waals surface area contributed by atoms with E-state index in [0.717, 1.165) is 5.56 Å². The second kappa shape index (κ2) is 9.41. The molecule has 0 bridgehead atoms. The first kappa shape index (κ1) is 21.8. The molecule has 4 aromatic rings. The fourth-order valence-corrected chi connectivity index (χ4v) is 4.35. The number of hydrogen-bond acceptors (Lipinski definition) is 7. The molecule has 7 nitrogen and oxygen atoms in total. The highest BCUT2D eigenvalue weighted by atomic mass is 32.2. The van der Waals surface area contributed by atoms with E-state index >= 15 is 0 Å². The lowest BCUT2D eigenvalue weighted by molar-refractivity contribution is 0.102. The molecule has 0 saturated carbocycles. The maximum absolute atomic E-state index is 13.4. The smallest absolute Gasteiger partial charge is 0.276 e. The van der Waals surface area contributed by atoms with Gasteiger partial charge in [0, 0.05) is 22.7 Å². The zero-order valence-electron chi connectivity index (χ0n) is 17.5. The highest BCUT2D eigenvalue weighted by molar-refractivity contribution is 7.98. The molecule has 0 unspecified atom stereocenters. The quantitative estimate of drug-likeness (QED) is 0.378. The van der Waals surface area contributed by atoms with Crippen LogP contribution in [0.1, 0.15) is 10.5 Å². The van der Waals surface area contributed by atoms with Crippen LogP contribution >= 0.6 is 23.1 Å². The largest absolute Gasteiger partial charge is 0.497 e. The number of anilines is 1. The first-order chi connectivity index (χ1) is 15.5. The van der Waals surface area contributed by atoms with E-state index in [0.29, 0.717) is 38.9 Å². The molecule has 1 N–H and O–H groups in total. The number of imidazole rings is 1. The summed E-state index contributed by atoms with van der Waals surface area (Å²) in [6, 6.07) is 11.3. The first-order valence-corrected chi connectivity index (χ1v) is 11.5. The van der Waals surface area contributed by atoms with Crippen LogP contribution in [-0.4, -0.2) is 40.9 Å². The van der Waals surface area contributed by atoms with Gasteiger partial charge in [0.15, 0.2) is 10.3 Å². The molecule has 0 radical (unpaired) electrons. The van der Waals surface area contributed by atoms with Crippen molar-refractivity contribution < 1.29 is 18.7 Å². The van der Waals surface area contributed by atoms with Crippen LogP contribution in [-0.2, 0) is 0 Å². The van der Waals surface area contributed by atoms with Gasteiger partial charge in [0.05, 0.1) is 26.1 Å². The van der Waals surface area contributed by atoms with Gasteiger partial charge in [-0.15, -0.1) is 11.3 Å². The number of hydrogen-bond donors (Lipinski definition) is 1. The average Bonchev–Trinajstić information content (AvgIpc) is 3.46. The molecule has 0 atom stereocenters. The van der Waals surface area contributed by atoms with E-state index in [1.54, 1.807) is 37.0 Å². The van der Waals surface area contributed by atoms with Crippen molar-refractivity contribution in [3.63, 3.8) is 0 Å². The molecule has 0 aliphatic carbocycles. The number of rotatable bonds is 7. The summed E-state index contributed by atoms with van der Waals surface area (Å²) in [7, 11) is 3.16. The molecular weight excluding hydrogens is 451 g/mol. The van der Waals surface area contributed by atoms with Gasteiger partial charge in [0.2, 0.25) is 0 Å². The molecule has 32 heavy (non-hydrogen) atoms. The fourth-order valence-electron chi connectivity index (χ4n) is 3.10. The van der Waals surface area contributed by atoms with Gasteiger partial charge in [-0.1, -0.05) is 11.8 Å². The molecule has 10 heteroatoms. The molecule has 0 spiro atoms. The van der Waals surface area contributed by atoms with Crippen LogP contribution in [0.3, 0.4) is 0 Å². The summed E-state index contributed by atoms with van der Waals surface area (Å²) in [5, 5.41) is 5.71. The molecule has 1 amide bonds. The minimum atomic E-state index is -0.371. The van der Waals surface area contributed by atoms with E-state index in [9.17, 15) is 9.18 Å². The van der Waals surface area contributed by atoms with Crippen LogP contribution in [0.4, 0.5) is 9.52 Å². The van der Waals surface area contributed by atoms with Crippen molar-refractivity contribution in [2.75, 3.05) is 25.8 Å². The lowest BCUT2D eigenvalue weighted by Gasteiger charge is -2.10. The number of amides is 1. The summed E-state index contributed by atoms with van der Waals surface area (Å²) in [5.41, 5.74) is 2.41. The Morgan fingerprint density at radius 2 is 1.94 bits per heavy atom. The maximum atomic E-state index is 13.4. The zero-order chi connectivity index (χ0) is 22.7. The highest BCUT2D eigenvalue weighted by Gasteiger charge is 2.20. The normalized spacial score (nSPS) is 10.8. The van der Waals surface area contributed by atoms with E-state index in [-0.39, 0.29) is 11.7 Å². The predicted molar refractivity (Wildman–Crippen MR) is 124 cm³/mol. The zero-order valence-corrected chi connectivity index (χ0v) is 19.1. The molecule has 0 fully saturated rings. The number of nitrogens with one attached hydrogen (secondary N) is 1. The van der Waals surface area contributed by atoms with Crippen molar-refractivity contribution in [3.05, 3.63) is 65.6 Å². The van der Waals surface area contributed by atoms with Crippen molar-refractivity contribution in [2.24, 2.45) is 0 Å². The minimum Gasteiger partial charge on any atom is -0.497 e. The minimum absolute atomic E-state index is 0.319. The lowest BCUT2D eigenvalue weighted by atomic mass is 10.1. The Bertz CT molecular complexity index is 1250. The lowest BCUT2D eigenvalue weighted by Crippen LogP contribution is -2.16. The number of halogens is 1. The molecule has 2 heterocycles. The Labute approximate surface area is 192 Å². The highest BCUT2D eigenvalue weighted by Crippen LogP contribution is 2.35. The summed E-state index contributed by atoms with van der Waals surface area (Å²) in [6.07, 6.45) is 3.35. The molecule has 2 aromatic carbocycles. The van der Waals surface area contributed by atoms with Gasteiger partial charge < -0.3 is 9.47 Å². The number of thiazole rings is 1. The van der Waals surface area contributed by atoms with Crippen molar-refractivity contribution >= 4 is 34.1 Å². The number of thioether (sulfide) groups is 1. The van der Waals surface area contributed by atoms with Crippen LogP contribution in [0, 0.1) is 5.82 Å². The third kappa shape index (κ3) is 4.32. The SMILES string of the molecule is COc1ccc(-c2csc(NC(=O)c3cnc(SC)n3-c3ccc(F)cc3)n2)c(OC)c1. The second-order valence-corrected chi connectivity index (χ2v) is 8.13. The Morgan fingerprint density at radius 1 is 1.16 bits per heavy atom. The van der Waals surface area contributed by atoms with Crippen molar-refractivity contribution in [2.45, 2.75) is 5.16 Å². The number of ether oxygens (including phenoxy) is 2. The van der Waals surface area contributed by atoms with E-state index in [2.05, 4.69) is 15.3 Å². The van der Waals surface area contributed by atoms with Crippen LogP contribution in [0.25, 0.3) is 16.9 Å². The Balaban J connectivity index is 1.61. The number of carbonyl (C=O) groups excluding carboxylic acids is 1. The van der Waals surface area contributed by atoms with Gasteiger partial charge in [-0.2, -0.15) is 0 Å². The third-order valence-corrected chi connectivity index (χ3v) is 6.05. The average molecular weight is 471 g/mol. The molecular formula is C22H19FN4O3S2. The van der Waals surface area contributed by atoms with Crippen LogP contribution < -0.4 is 14.8 Å². The number of methoxy groups -OCH3 is 2. The number of carbonyl (C=O) groups is 1. The predicted octanol–water partition coefficient (Wildman–Crippen LogP) is 5.13. The van der Waals surface area contributed by atoms with Gasteiger partial charge in [-0.25, -0.2) is 14.4 Å². The van der Waals surface area contributed by atoms with E-state index < -0.39 is 0 Å². The molecule has 0 saturated heterocycles. The Morgan fingerprint density at radius 3 is 2.62 bits per heavy atom. The number of nitrogens with zero attached hydrogens (tertiary/aromatic N) is 3. The molecule has 4 rings (SSSR count). The van der Waals surface area contributed by atoms with Gasteiger partial charge >= 0.3 is 0 Å². The van der Waals surface area contributed by atoms with Gasteiger partial charge in [-0.05, 0) is 42.7 Å². The van der Waals surface area contributed by atoms with Gasteiger partial charge in [-0.3, -0.25) is 14.7 Å². The van der Waals surface area contributed by atoms with Crippen molar-refractivity contribution in [1.82, 2.24) is 14.5 Å². The maximum Gasteiger partial charge on any atom is 0.276 e. The fraction of sp³-hybridized carbons (Fsp3) is 0.136. The van der Waals surface area contributed by atoms with Crippen LogP contribution in [0.5, 0.6) is 11.5 Å². The summed E-state index contributed by atoms with van der Waals surface area (Å²) in [4.78, 5) is 21.9. The van der Waals surface area contributed by atoms with Crippen LogP contribution in [0.15, 0.2) is 59.2 Å². The third-order valence-electron chi connectivity index (χ3n) is 4.64. The Kier molecular flexibility index (Phi) is 6.42. The van der Waals surface area contributed by atoms with E-state index in [1.165, 1.54) is 41.4 Å². The molecule has 0 aliphatic rings. The molecule has 164 valence electrons. The van der Waals surface area contributed by atoms with E-state index in [1.807, 2.05) is 23.8 Å². The van der Waals surface area contributed by atoms with Crippen molar-refractivity contribution in [3.8, 4) is 28.4 Å². The monoisotopic (exact) mass is 470 g/mol. The number of benzene rings is 2. The summed E-state index contributed by atoms with van der Waals surface area (Å²) >= 11 is 2.69. The summed E-state index contributed by atoms with van der Waals surface area (Å²) in [6.45, 7) is 0. The number of aromatic nitrogens is 3. The molecule has 0 aliphatic heterocycles. The second-order valence-electron chi connectivity index (χ2n) is 6.50. The Hall–Kier alpha value is -3.37. The first-order valence-electron chi connectivity index (χ1n) is 9.41. The molecule has 2 aromatic heterocycles. The summed E-state index contributed by atoms with van der Waals surface area (Å²) < 4.78 is 25.7. The summed E-state index contributed by atoms with van der Waals surface area (Å²) in [5.74, 6) is 0.569. The van der Waals surface area contributed by atoms with Crippen LogP contribution in [0.2, 0.25) is 0 Å². The van der Waals surface area contributed by atoms with Gasteiger partial charge in [0.1, 0.15) is 23.0 Å².